The fraction of sp³-hybridized carbons (Fsp3) is 0.769. The lowest BCUT2D eigenvalue weighted by Gasteiger charge is -2.24. The fourth-order valence-electron chi connectivity index (χ4n) is 2.33. The molecule has 19 heavy (non-hydrogen) atoms. The number of hydrogen-bond acceptors (Lipinski definition) is 4. The second kappa shape index (κ2) is 7.23. The highest BCUT2D eigenvalue weighted by molar-refractivity contribution is 6.05. The Morgan fingerprint density at radius 2 is 2.00 bits per heavy atom. The number of rotatable bonds is 7. The van der Waals surface area contributed by atoms with Gasteiger partial charge < -0.3 is 10.6 Å². The van der Waals surface area contributed by atoms with Gasteiger partial charge in [-0.3, -0.25) is 19.3 Å². The van der Waals surface area contributed by atoms with Crippen molar-refractivity contribution in [2.24, 2.45) is 0 Å². The molecule has 6 heteroatoms. The van der Waals surface area contributed by atoms with Crippen LogP contribution in [0.15, 0.2) is 0 Å². The van der Waals surface area contributed by atoms with Crippen molar-refractivity contribution in [2.75, 3.05) is 13.6 Å². The van der Waals surface area contributed by atoms with Gasteiger partial charge in [0, 0.05) is 26.1 Å². The van der Waals surface area contributed by atoms with Crippen LogP contribution >= 0.6 is 0 Å². The molecule has 1 aliphatic rings. The molecule has 0 saturated carbocycles. The summed E-state index contributed by atoms with van der Waals surface area (Å²) in [5.74, 6) is -0.354. The molecule has 1 heterocycles. The van der Waals surface area contributed by atoms with Crippen molar-refractivity contribution >= 4 is 17.7 Å². The van der Waals surface area contributed by atoms with E-state index in [4.69, 9.17) is 0 Å². The summed E-state index contributed by atoms with van der Waals surface area (Å²) in [6, 6.07) is -0.483. The van der Waals surface area contributed by atoms with E-state index < -0.39 is 6.04 Å². The number of nitrogens with zero attached hydrogens (tertiary/aromatic N) is 1. The first-order valence-electron chi connectivity index (χ1n) is 6.84. The highest BCUT2D eigenvalue weighted by Crippen LogP contribution is 2.20. The van der Waals surface area contributed by atoms with Gasteiger partial charge >= 0.3 is 0 Å². The van der Waals surface area contributed by atoms with Gasteiger partial charge in [0.25, 0.3) is 0 Å². The van der Waals surface area contributed by atoms with Crippen LogP contribution in [0.5, 0.6) is 0 Å². The van der Waals surface area contributed by atoms with Crippen LogP contribution in [0.1, 0.15) is 39.5 Å². The van der Waals surface area contributed by atoms with Gasteiger partial charge in [-0.2, -0.15) is 0 Å². The summed E-state index contributed by atoms with van der Waals surface area (Å²) < 4.78 is 0. The molecular weight excluding hydrogens is 246 g/mol. The van der Waals surface area contributed by atoms with Crippen LogP contribution in [0, 0.1) is 0 Å². The average molecular weight is 269 g/mol. The lowest BCUT2D eigenvalue weighted by atomic mass is 10.1. The molecule has 0 aromatic heterocycles. The molecule has 0 bridgehead atoms. The molecule has 1 fully saturated rings. The molecule has 1 rings (SSSR count). The van der Waals surface area contributed by atoms with Crippen LogP contribution < -0.4 is 10.6 Å². The minimum absolute atomic E-state index is 0.00857. The van der Waals surface area contributed by atoms with E-state index in [1.54, 1.807) is 7.05 Å². The standard InChI is InChI=1S/C13H23N3O3/c1-4-9(5-2)16-12(18)8-10(13(16)19)15-7-6-11(17)14-3/h9-10,15H,4-8H2,1-3H3,(H,14,17). The number of hydrogen-bond donors (Lipinski definition) is 2. The molecule has 1 unspecified atom stereocenters. The Kier molecular flexibility index (Phi) is 5.95. The third-order valence-electron chi connectivity index (χ3n) is 3.51. The van der Waals surface area contributed by atoms with Crippen LogP contribution in [0.2, 0.25) is 0 Å². The lowest BCUT2D eigenvalue weighted by Crippen LogP contribution is -2.44. The Labute approximate surface area is 113 Å². The summed E-state index contributed by atoms with van der Waals surface area (Å²) in [4.78, 5) is 36.5. The number of carbonyl (C=O) groups excluding carboxylic acids is 3. The SMILES string of the molecule is CCC(CC)N1C(=O)CC(NCCC(=O)NC)C1=O. The lowest BCUT2D eigenvalue weighted by molar-refractivity contribution is -0.141. The zero-order valence-corrected chi connectivity index (χ0v) is 11.9. The summed E-state index contributed by atoms with van der Waals surface area (Å²) >= 11 is 0. The Balaban J connectivity index is 2.53. The molecule has 2 N–H and O–H groups in total. The molecule has 1 atom stereocenters. The second-order valence-electron chi connectivity index (χ2n) is 4.71. The molecule has 6 nitrogen and oxygen atoms in total. The van der Waals surface area contributed by atoms with E-state index in [-0.39, 0.29) is 30.2 Å². The van der Waals surface area contributed by atoms with E-state index in [1.165, 1.54) is 4.90 Å². The first-order chi connectivity index (χ1) is 9.04. The summed E-state index contributed by atoms with van der Waals surface area (Å²) in [5.41, 5.74) is 0. The maximum atomic E-state index is 12.2. The highest BCUT2D eigenvalue weighted by atomic mass is 16.2. The fourth-order valence-corrected chi connectivity index (χ4v) is 2.33. The van der Waals surface area contributed by atoms with Gasteiger partial charge in [-0.1, -0.05) is 13.8 Å². The third-order valence-corrected chi connectivity index (χ3v) is 3.51. The molecule has 1 aliphatic heterocycles. The van der Waals surface area contributed by atoms with Crippen LogP contribution in [0.25, 0.3) is 0 Å². The monoisotopic (exact) mass is 269 g/mol. The molecule has 0 radical (unpaired) electrons. The summed E-state index contributed by atoms with van der Waals surface area (Å²) in [6.45, 7) is 4.35. The van der Waals surface area contributed by atoms with Crippen molar-refractivity contribution < 1.29 is 14.4 Å². The Hall–Kier alpha value is -1.43. The predicted molar refractivity (Wildman–Crippen MR) is 71.3 cm³/mol. The zero-order valence-electron chi connectivity index (χ0n) is 11.9. The number of amides is 3. The molecule has 0 aliphatic carbocycles. The van der Waals surface area contributed by atoms with Gasteiger partial charge in [0.05, 0.1) is 12.5 Å². The smallest absolute Gasteiger partial charge is 0.247 e. The summed E-state index contributed by atoms with van der Waals surface area (Å²) in [5, 5.41) is 5.50. The van der Waals surface area contributed by atoms with E-state index in [9.17, 15) is 14.4 Å². The van der Waals surface area contributed by atoms with E-state index in [0.717, 1.165) is 12.8 Å². The summed E-state index contributed by atoms with van der Waals surface area (Å²) in [7, 11) is 1.57. The predicted octanol–water partition coefficient (Wildman–Crippen LogP) is 0.0282. The molecule has 0 spiro atoms. The summed E-state index contributed by atoms with van der Waals surface area (Å²) in [6.07, 6.45) is 2.06. The van der Waals surface area contributed by atoms with Crippen molar-refractivity contribution in [3.05, 3.63) is 0 Å². The Morgan fingerprint density at radius 3 is 2.53 bits per heavy atom. The molecule has 3 amide bonds. The maximum absolute atomic E-state index is 12.2. The first kappa shape index (κ1) is 15.6. The van der Waals surface area contributed by atoms with Gasteiger partial charge in [-0.05, 0) is 12.8 Å². The number of carbonyl (C=O) groups is 3. The molecule has 108 valence electrons. The van der Waals surface area contributed by atoms with E-state index >= 15 is 0 Å². The topological polar surface area (TPSA) is 78.5 Å². The van der Waals surface area contributed by atoms with Gasteiger partial charge in [0.1, 0.15) is 0 Å². The van der Waals surface area contributed by atoms with Crippen molar-refractivity contribution in [3.63, 3.8) is 0 Å². The highest BCUT2D eigenvalue weighted by Gasteiger charge is 2.40. The first-order valence-corrected chi connectivity index (χ1v) is 6.84. The van der Waals surface area contributed by atoms with Crippen molar-refractivity contribution in [3.8, 4) is 0 Å². The Morgan fingerprint density at radius 1 is 1.37 bits per heavy atom. The van der Waals surface area contributed by atoms with Crippen molar-refractivity contribution in [1.82, 2.24) is 15.5 Å². The van der Waals surface area contributed by atoms with Crippen molar-refractivity contribution in [1.29, 1.82) is 0 Å². The van der Waals surface area contributed by atoms with Gasteiger partial charge in [-0.25, -0.2) is 0 Å². The molecular formula is C13H23N3O3. The zero-order chi connectivity index (χ0) is 14.4. The normalized spacial score (nSPS) is 19.4. The third kappa shape index (κ3) is 3.76. The van der Waals surface area contributed by atoms with E-state index in [2.05, 4.69) is 10.6 Å². The number of imide groups is 1. The molecule has 1 saturated heterocycles. The molecule has 0 aromatic carbocycles. The van der Waals surface area contributed by atoms with Crippen LogP contribution in [-0.2, 0) is 14.4 Å². The van der Waals surface area contributed by atoms with Crippen LogP contribution in [0.4, 0.5) is 0 Å². The average Bonchev–Trinajstić information content (AvgIpc) is 2.68. The minimum atomic E-state index is -0.474. The minimum Gasteiger partial charge on any atom is -0.359 e. The van der Waals surface area contributed by atoms with Gasteiger partial charge in [-0.15, -0.1) is 0 Å². The number of nitrogens with one attached hydrogen (secondary N) is 2. The quantitative estimate of drug-likeness (QED) is 0.639. The van der Waals surface area contributed by atoms with Gasteiger partial charge in [0.15, 0.2) is 0 Å². The largest absolute Gasteiger partial charge is 0.359 e. The molecule has 0 aromatic rings. The van der Waals surface area contributed by atoms with Crippen LogP contribution in [-0.4, -0.2) is 48.3 Å². The van der Waals surface area contributed by atoms with E-state index in [0.29, 0.717) is 13.0 Å². The second-order valence-corrected chi connectivity index (χ2v) is 4.71. The van der Waals surface area contributed by atoms with Crippen molar-refractivity contribution in [2.45, 2.75) is 51.6 Å². The van der Waals surface area contributed by atoms with Gasteiger partial charge in [0.2, 0.25) is 17.7 Å². The maximum Gasteiger partial charge on any atom is 0.247 e. The number of likely N-dealkylation sites (tertiary alicyclic amines) is 1. The van der Waals surface area contributed by atoms with Crippen LogP contribution in [0.3, 0.4) is 0 Å². The Bertz CT molecular complexity index is 353. The van der Waals surface area contributed by atoms with E-state index in [1.807, 2.05) is 13.8 Å².